The summed E-state index contributed by atoms with van der Waals surface area (Å²) in [6.07, 6.45) is -1.68. The minimum Gasteiger partial charge on any atom is -0.459 e. The van der Waals surface area contributed by atoms with Crippen LogP contribution in [0.5, 0.6) is 0 Å². The molecule has 0 radical (unpaired) electrons. The highest BCUT2D eigenvalue weighted by Crippen LogP contribution is 2.32. The largest absolute Gasteiger partial charge is 0.459 e. The molecule has 158 valence electrons. The van der Waals surface area contributed by atoms with Gasteiger partial charge < -0.3 is 29.3 Å². The van der Waals surface area contributed by atoms with Gasteiger partial charge in [0.2, 0.25) is 11.2 Å². The summed E-state index contributed by atoms with van der Waals surface area (Å²) in [5, 5.41) is 21.7. The maximum atomic E-state index is 12.6. The van der Waals surface area contributed by atoms with E-state index >= 15 is 0 Å². The molecule has 0 bridgehead atoms. The van der Waals surface area contributed by atoms with Crippen LogP contribution in [0.1, 0.15) is 24.0 Å². The van der Waals surface area contributed by atoms with Crippen molar-refractivity contribution in [3.05, 3.63) is 71.8 Å². The predicted molar refractivity (Wildman–Crippen MR) is 104 cm³/mol. The van der Waals surface area contributed by atoms with E-state index in [0.717, 1.165) is 0 Å². The lowest BCUT2D eigenvalue weighted by atomic mass is 9.78. The van der Waals surface area contributed by atoms with Gasteiger partial charge in [0.25, 0.3) is 0 Å². The summed E-state index contributed by atoms with van der Waals surface area (Å²) in [4.78, 5) is 47.5. The fraction of sp³-hybridized carbons (Fsp3) is 0.273. The standard InChI is InChI=1S/C22H22O8/c23-13-11-21(27,19(25)29-15-17-7-3-1-4-8-17)22(28,12-14-24)20(26)30-16-18-9-5-2-6-10-18/h1-10,13-14,27-28H,11-12,15-16H2/t21-,22+. The first-order chi connectivity index (χ1) is 14.4. The molecule has 0 aliphatic carbocycles. The molecule has 2 N–H and O–H groups in total. The average molecular weight is 414 g/mol. The van der Waals surface area contributed by atoms with E-state index in [2.05, 4.69) is 0 Å². The molecule has 2 atom stereocenters. The molecule has 8 nitrogen and oxygen atoms in total. The first-order valence-corrected chi connectivity index (χ1v) is 9.11. The first kappa shape index (κ1) is 22.9. The van der Waals surface area contributed by atoms with E-state index < -0.39 is 36.0 Å². The number of hydrogen-bond donors (Lipinski definition) is 2. The van der Waals surface area contributed by atoms with E-state index in [1.807, 2.05) is 0 Å². The fourth-order valence-electron chi connectivity index (χ4n) is 2.77. The van der Waals surface area contributed by atoms with Crippen LogP contribution in [0.4, 0.5) is 0 Å². The van der Waals surface area contributed by atoms with Crippen molar-refractivity contribution in [2.75, 3.05) is 0 Å². The molecule has 0 fully saturated rings. The van der Waals surface area contributed by atoms with Crippen LogP contribution in [-0.2, 0) is 41.9 Å². The monoisotopic (exact) mass is 414 g/mol. The van der Waals surface area contributed by atoms with Gasteiger partial charge in [-0.1, -0.05) is 60.7 Å². The Balaban J connectivity index is 2.24. The molecule has 0 saturated carbocycles. The number of rotatable bonds is 11. The highest BCUT2D eigenvalue weighted by atomic mass is 16.6. The molecule has 0 amide bonds. The molecular formula is C22H22O8. The van der Waals surface area contributed by atoms with Crippen molar-refractivity contribution >= 4 is 24.5 Å². The summed E-state index contributed by atoms with van der Waals surface area (Å²) in [6, 6.07) is 16.9. The van der Waals surface area contributed by atoms with Crippen molar-refractivity contribution in [1.82, 2.24) is 0 Å². The van der Waals surface area contributed by atoms with Gasteiger partial charge in [0.15, 0.2) is 0 Å². The molecule has 0 saturated heterocycles. The Morgan fingerprint density at radius 1 is 0.700 bits per heavy atom. The number of carbonyl (C=O) groups is 4. The predicted octanol–water partition coefficient (Wildman–Crippen LogP) is 1.11. The van der Waals surface area contributed by atoms with Crippen molar-refractivity contribution in [3.63, 3.8) is 0 Å². The van der Waals surface area contributed by atoms with E-state index in [4.69, 9.17) is 9.47 Å². The van der Waals surface area contributed by atoms with Crippen molar-refractivity contribution in [2.24, 2.45) is 0 Å². The van der Waals surface area contributed by atoms with Gasteiger partial charge in [-0.3, -0.25) is 0 Å². The number of aliphatic hydroxyl groups is 2. The van der Waals surface area contributed by atoms with Gasteiger partial charge in [-0.25, -0.2) is 9.59 Å². The fourth-order valence-corrected chi connectivity index (χ4v) is 2.77. The Labute approximate surface area is 173 Å². The number of carbonyl (C=O) groups excluding carboxylic acids is 4. The van der Waals surface area contributed by atoms with Gasteiger partial charge in [0.05, 0.1) is 0 Å². The molecule has 0 aliphatic heterocycles. The summed E-state index contributed by atoms with van der Waals surface area (Å²) in [5.74, 6) is -2.86. The maximum absolute atomic E-state index is 12.6. The zero-order chi connectivity index (χ0) is 22.0. The molecule has 8 heteroatoms. The van der Waals surface area contributed by atoms with Crippen LogP contribution in [-0.4, -0.2) is 45.9 Å². The van der Waals surface area contributed by atoms with Gasteiger partial charge in [0.1, 0.15) is 25.8 Å². The molecule has 2 aromatic carbocycles. The Morgan fingerprint density at radius 3 is 1.33 bits per heavy atom. The van der Waals surface area contributed by atoms with Gasteiger partial charge >= 0.3 is 11.9 Å². The maximum Gasteiger partial charge on any atom is 0.342 e. The lowest BCUT2D eigenvalue weighted by molar-refractivity contribution is -0.215. The van der Waals surface area contributed by atoms with Crippen molar-refractivity contribution in [3.8, 4) is 0 Å². The first-order valence-electron chi connectivity index (χ1n) is 9.11. The quantitative estimate of drug-likeness (QED) is 0.414. The van der Waals surface area contributed by atoms with Crippen molar-refractivity contribution in [2.45, 2.75) is 37.3 Å². The number of ether oxygens (including phenoxy) is 2. The normalized spacial score (nSPS) is 14.6. The van der Waals surface area contributed by atoms with Crippen LogP contribution in [0, 0.1) is 0 Å². The summed E-state index contributed by atoms with van der Waals surface area (Å²) < 4.78 is 10.0. The van der Waals surface area contributed by atoms with E-state index in [-0.39, 0.29) is 25.8 Å². The second kappa shape index (κ2) is 10.4. The molecule has 0 spiro atoms. The SMILES string of the molecule is O=CC[C@@](O)(C(=O)OCc1ccccc1)[C@](O)(CC=O)C(=O)OCc1ccccc1. The van der Waals surface area contributed by atoms with Crippen LogP contribution in [0.3, 0.4) is 0 Å². The lowest BCUT2D eigenvalue weighted by Gasteiger charge is -2.37. The number of hydrogen-bond acceptors (Lipinski definition) is 8. The molecule has 0 aromatic heterocycles. The van der Waals surface area contributed by atoms with Gasteiger partial charge in [-0.15, -0.1) is 0 Å². The van der Waals surface area contributed by atoms with Crippen LogP contribution in [0.15, 0.2) is 60.7 Å². The van der Waals surface area contributed by atoms with E-state index in [1.165, 1.54) is 0 Å². The number of aldehydes is 2. The Morgan fingerprint density at radius 2 is 1.03 bits per heavy atom. The number of benzene rings is 2. The smallest absolute Gasteiger partial charge is 0.342 e. The summed E-state index contributed by atoms with van der Waals surface area (Å²) in [5.41, 5.74) is -4.88. The van der Waals surface area contributed by atoms with E-state index in [0.29, 0.717) is 11.1 Å². The molecule has 30 heavy (non-hydrogen) atoms. The Hall–Kier alpha value is -3.36. The molecule has 0 unspecified atom stereocenters. The van der Waals surface area contributed by atoms with Crippen LogP contribution in [0.2, 0.25) is 0 Å². The summed E-state index contributed by atoms with van der Waals surface area (Å²) in [7, 11) is 0. The molecule has 0 aliphatic rings. The minimum absolute atomic E-state index is 0.143. The van der Waals surface area contributed by atoms with E-state index in [1.54, 1.807) is 60.7 Å². The molecule has 2 aromatic rings. The molecule has 2 rings (SSSR count). The minimum atomic E-state index is -3.02. The summed E-state index contributed by atoms with van der Waals surface area (Å²) >= 11 is 0. The zero-order valence-corrected chi connectivity index (χ0v) is 16.1. The topological polar surface area (TPSA) is 127 Å². The highest BCUT2D eigenvalue weighted by Gasteiger charge is 2.61. The van der Waals surface area contributed by atoms with Gasteiger partial charge in [0, 0.05) is 12.8 Å². The van der Waals surface area contributed by atoms with Gasteiger partial charge in [-0.2, -0.15) is 0 Å². The second-order valence-corrected chi connectivity index (χ2v) is 6.59. The molecular weight excluding hydrogens is 392 g/mol. The van der Waals surface area contributed by atoms with Crippen molar-refractivity contribution in [1.29, 1.82) is 0 Å². The van der Waals surface area contributed by atoms with Crippen LogP contribution in [0.25, 0.3) is 0 Å². The van der Waals surface area contributed by atoms with Gasteiger partial charge in [-0.05, 0) is 11.1 Å². The van der Waals surface area contributed by atoms with Crippen LogP contribution < -0.4 is 0 Å². The zero-order valence-electron chi connectivity index (χ0n) is 16.1. The Kier molecular flexibility index (Phi) is 7.97. The average Bonchev–Trinajstić information content (AvgIpc) is 2.77. The third-order valence-electron chi connectivity index (χ3n) is 4.54. The third kappa shape index (κ3) is 5.16. The molecule has 0 heterocycles. The van der Waals surface area contributed by atoms with E-state index in [9.17, 15) is 29.4 Å². The van der Waals surface area contributed by atoms with Crippen molar-refractivity contribution < 1.29 is 38.9 Å². The second-order valence-electron chi connectivity index (χ2n) is 6.59. The van der Waals surface area contributed by atoms with Crippen LogP contribution >= 0.6 is 0 Å². The lowest BCUT2D eigenvalue weighted by Crippen LogP contribution is -2.65. The summed E-state index contributed by atoms with van der Waals surface area (Å²) in [6.45, 7) is -0.561. The third-order valence-corrected chi connectivity index (χ3v) is 4.54. The highest BCUT2D eigenvalue weighted by molar-refractivity contribution is 5.95. The Bertz CT molecular complexity index is 794. The number of esters is 2.